The number of nitrogens with zero attached hydrogens (tertiary/aromatic N) is 1. The quantitative estimate of drug-likeness (QED) is 0.687. The number of nitrogens with one attached hydrogen (secondary N) is 1. The summed E-state index contributed by atoms with van der Waals surface area (Å²) >= 11 is 0. The first kappa shape index (κ1) is 9.18. The highest BCUT2D eigenvalue weighted by Gasteiger charge is 2.13. The number of aliphatic hydroxyl groups excluding tert-OH is 1. The topological polar surface area (TPSA) is 62.1 Å². The minimum absolute atomic E-state index is 0.689. The number of aliphatic hydroxyl groups is 1. The maximum absolute atomic E-state index is 10.1. The van der Waals surface area contributed by atoms with Crippen LogP contribution in [-0.4, -0.2) is 15.1 Å². The number of hydrogen-bond acceptors (Lipinski definition) is 3. The maximum atomic E-state index is 10.1. The molecule has 0 bridgehead atoms. The molecule has 0 saturated carbocycles. The number of furan rings is 1. The van der Waals surface area contributed by atoms with E-state index in [1.165, 1.54) is 6.26 Å². The van der Waals surface area contributed by atoms with Crippen LogP contribution in [0.1, 0.15) is 17.4 Å². The van der Waals surface area contributed by atoms with Crippen LogP contribution in [0.2, 0.25) is 0 Å². The lowest BCUT2D eigenvalue weighted by molar-refractivity contribution is 0.215. The molecule has 3 aromatic heterocycles. The lowest BCUT2D eigenvalue weighted by Crippen LogP contribution is -1.97. The Kier molecular flexibility index (Phi) is 2.01. The summed E-state index contributed by atoms with van der Waals surface area (Å²) < 4.78 is 4.94. The largest absolute Gasteiger partial charge is 0.472 e. The Morgan fingerprint density at radius 2 is 2.31 bits per heavy atom. The van der Waals surface area contributed by atoms with E-state index in [0.29, 0.717) is 0 Å². The number of rotatable bonds is 2. The molecule has 3 heterocycles. The van der Waals surface area contributed by atoms with Gasteiger partial charge in [-0.3, -0.25) is 4.98 Å². The van der Waals surface area contributed by atoms with Crippen molar-refractivity contribution in [3.8, 4) is 0 Å². The van der Waals surface area contributed by atoms with Gasteiger partial charge in [0, 0.05) is 22.8 Å². The summed E-state index contributed by atoms with van der Waals surface area (Å²) in [6, 6.07) is 5.56. The Balaban J connectivity index is 2.06. The molecule has 2 N–H and O–H groups in total. The van der Waals surface area contributed by atoms with Gasteiger partial charge in [0.15, 0.2) is 0 Å². The van der Waals surface area contributed by atoms with Crippen LogP contribution >= 0.6 is 0 Å². The fourth-order valence-corrected chi connectivity index (χ4v) is 1.75. The van der Waals surface area contributed by atoms with E-state index in [-0.39, 0.29) is 0 Å². The Labute approximate surface area is 91.6 Å². The zero-order chi connectivity index (χ0) is 11.0. The van der Waals surface area contributed by atoms with Gasteiger partial charge in [-0.2, -0.15) is 0 Å². The number of H-pyrrole nitrogens is 1. The minimum atomic E-state index is -0.689. The lowest BCUT2D eigenvalue weighted by Gasteiger charge is -2.04. The third kappa shape index (κ3) is 1.40. The number of aromatic amines is 1. The van der Waals surface area contributed by atoms with Gasteiger partial charge in [0.1, 0.15) is 6.10 Å². The van der Waals surface area contributed by atoms with E-state index in [1.807, 2.05) is 12.1 Å². The van der Waals surface area contributed by atoms with Crippen molar-refractivity contribution in [3.05, 3.63) is 54.4 Å². The van der Waals surface area contributed by atoms with Gasteiger partial charge in [0.25, 0.3) is 0 Å². The van der Waals surface area contributed by atoms with Gasteiger partial charge in [-0.15, -0.1) is 0 Å². The lowest BCUT2D eigenvalue weighted by atomic mass is 10.1. The van der Waals surface area contributed by atoms with Crippen molar-refractivity contribution in [3.63, 3.8) is 0 Å². The third-order valence-electron chi connectivity index (χ3n) is 2.60. The van der Waals surface area contributed by atoms with Crippen LogP contribution in [0.15, 0.2) is 47.5 Å². The van der Waals surface area contributed by atoms with Crippen molar-refractivity contribution in [1.29, 1.82) is 0 Å². The Morgan fingerprint density at radius 1 is 1.38 bits per heavy atom. The molecule has 80 valence electrons. The van der Waals surface area contributed by atoms with Crippen LogP contribution in [0.5, 0.6) is 0 Å². The second-order valence-electron chi connectivity index (χ2n) is 3.65. The molecule has 0 aromatic carbocycles. The van der Waals surface area contributed by atoms with E-state index >= 15 is 0 Å². The molecule has 1 atom stereocenters. The van der Waals surface area contributed by atoms with Crippen molar-refractivity contribution in [2.45, 2.75) is 6.10 Å². The van der Waals surface area contributed by atoms with Crippen molar-refractivity contribution in [2.75, 3.05) is 0 Å². The third-order valence-corrected chi connectivity index (χ3v) is 2.60. The SMILES string of the molecule is O[C@@H](c1ccoc1)c1cc2ccncc2[nH]1. The second-order valence-corrected chi connectivity index (χ2v) is 3.65. The molecule has 0 aliphatic rings. The number of pyridine rings is 1. The minimum Gasteiger partial charge on any atom is -0.472 e. The molecule has 0 aliphatic carbocycles. The fraction of sp³-hybridized carbons (Fsp3) is 0.0833. The van der Waals surface area contributed by atoms with Gasteiger partial charge in [-0.05, 0) is 18.2 Å². The highest BCUT2D eigenvalue weighted by Crippen LogP contribution is 2.24. The normalized spacial score (nSPS) is 13.1. The maximum Gasteiger partial charge on any atom is 0.122 e. The Hall–Kier alpha value is -2.07. The molecule has 4 heteroatoms. The molecule has 0 saturated heterocycles. The number of fused-ring (bicyclic) bond motifs is 1. The molecule has 0 radical (unpaired) electrons. The van der Waals surface area contributed by atoms with Gasteiger partial charge in [-0.1, -0.05) is 0 Å². The van der Waals surface area contributed by atoms with Crippen molar-refractivity contribution in [2.24, 2.45) is 0 Å². The summed E-state index contributed by atoms with van der Waals surface area (Å²) in [6.45, 7) is 0. The van der Waals surface area contributed by atoms with Crippen molar-refractivity contribution in [1.82, 2.24) is 9.97 Å². The van der Waals surface area contributed by atoms with E-state index in [0.717, 1.165) is 22.2 Å². The van der Waals surface area contributed by atoms with E-state index < -0.39 is 6.10 Å². The van der Waals surface area contributed by atoms with Gasteiger partial charge < -0.3 is 14.5 Å². The van der Waals surface area contributed by atoms with Crippen LogP contribution in [0.25, 0.3) is 10.9 Å². The van der Waals surface area contributed by atoms with Crippen molar-refractivity contribution < 1.29 is 9.52 Å². The highest BCUT2D eigenvalue weighted by atomic mass is 16.3. The van der Waals surface area contributed by atoms with E-state index in [4.69, 9.17) is 4.42 Å². The summed E-state index contributed by atoms with van der Waals surface area (Å²) in [4.78, 5) is 7.15. The summed E-state index contributed by atoms with van der Waals surface area (Å²) in [5, 5.41) is 11.1. The Bertz CT molecular complexity index is 565. The molecule has 4 nitrogen and oxygen atoms in total. The number of aromatic nitrogens is 2. The highest BCUT2D eigenvalue weighted by molar-refractivity contribution is 5.79. The van der Waals surface area contributed by atoms with E-state index in [1.54, 1.807) is 24.7 Å². The van der Waals surface area contributed by atoms with E-state index in [9.17, 15) is 5.11 Å². The van der Waals surface area contributed by atoms with Gasteiger partial charge in [-0.25, -0.2) is 0 Å². The van der Waals surface area contributed by atoms with Crippen LogP contribution in [-0.2, 0) is 0 Å². The van der Waals surface area contributed by atoms with Crippen LogP contribution < -0.4 is 0 Å². The molecule has 16 heavy (non-hydrogen) atoms. The first-order valence-electron chi connectivity index (χ1n) is 4.97. The van der Waals surface area contributed by atoms with Crippen LogP contribution in [0, 0.1) is 0 Å². The van der Waals surface area contributed by atoms with E-state index in [2.05, 4.69) is 9.97 Å². The second kappa shape index (κ2) is 3.50. The summed E-state index contributed by atoms with van der Waals surface area (Å²) in [5.41, 5.74) is 2.39. The number of hydrogen-bond donors (Lipinski definition) is 2. The van der Waals surface area contributed by atoms with Gasteiger partial charge in [0.05, 0.1) is 24.2 Å². The molecule has 0 unspecified atom stereocenters. The fourth-order valence-electron chi connectivity index (χ4n) is 1.75. The molecule has 0 amide bonds. The van der Waals surface area contributed by atoms with Gasteiger partial charge in [0.2, 0.25) is 0 Å². The zero-order valence-corrected chi connectivity index (χ0v) is 8.42. The summed E-state index contributed by atoms with van der Waals surface area (Å²) in [7, 11) is 0. The monoisotopic (exact) mass is 214 g/mol. The average molecular weight is 214 g/mol. The van der Waals surface area contributed by atoms with Crippen molar-refractivity contribution >= 4 is 10.9 Å². The Morgan fingerprint density at radius 3 is 3.06 bits per heavy atom. The predicted molar refractivity (Wildman–Crippen MR) is 58.9 cm³/mol. The average Bonchev–Trinajstić information content (AvgIpc) is 2.97. The molecule has 3 aromatic rings. The molecular formula is C12H10N2O2. The molecule has 0 aliphatic heterocycles. The standard InChI is InChI=1S/C12H10N2O2/c15-12(9-2-4-16-7-9)10-5-8-1-3-13-6-11(8)14-10/h1-7,12,14-15H/t12-/m0/s1. The molecular weight excluding hydrogens is 204 g/mol. The molecule has 3 rings (SSSR count). The molecule has 0 spiro atoms. The van der Waals surface area contributed by atoms with Crippen LogP contribution in [0.3, 0.4) is 0 Å². The summed E-state index contributed by atoms with van der Waals surface area (Å²) in [5.74, 6) is 0. The summed E-state index contributed by atoms with van der Waals surface area (Å²) in [6.07, 6.45) is 5.86. The first-order chi connectivity index (χ1) is 7.84. The predicted octanol–water partition coefficient (Wildman–Crippen LogP) is 2.24. The smallest absolute Gasteiger partial charge is 0.122 e. The van der Waals surface area contributed by atoms with Gasteiger partial charge >= 0.3 is 0 Å². The molecule has 0 fully saturated rings. The first-order valence-corrected chi connectivity index (χ1v) is 4.97. The van der Waals surface area contributed by atoms with Crippen LogP contribution in [0.4, 0.5) is 0 Å². The zero-order valence-electron chi connectivity index (χ0n) is 8.42.